The van der Waals surface area contributed by atoms with Crippen molar-refractivity contribution in [1.29, 1.82) is 0 Å². The van der Waals surface area contributed by atoms with Crippen LogP contribution in [0.1, 0.15) is 46.5 Å². The number of carbonyl (C=O) groups is 1. The fourth-order valence-electron chi connectivity index (χ4n) is 3.03. The summed E-state index contributed by atoms with van der Waals surface area (Å²) in [5, 5.41) is 6.96. The predicted octanol–water partition coefficient (Wildman–Crippen LogP) is 1.03. The molecular weight excluding hydrogens is 290 g/mol. The molecule has 2 fully saturated rings. The lowest BCUT2D eigenvalue weighted by Crippen LogP contribution is -2.48. The predicted molar refractivity (Wildman–Crippen MR) is 94.6 cm³/mol. The van der Waals surface area contributed by atoms with E-state index in [0.717, 1.165) is 31.4 Å². The van der Waals surface area contributed by atoms with Crippen LogP contribution in [0.5, 0.6) is 0 Å². The maximum atomic E-state index is 11.8. The molecule has 1 aliphatic heterocycles. The van der Waals surface area contributed by atoms with Crippen LogP contribution in [0.15, 0.2) is 4.99 Å². The molecule has 6 heteroatoms. The van der Waals surface area contributed by atoms with Gasteiger partial charge in [-0.2, -0.15) is 0 Å². The Morgan fingerprint density at radius 2 is 2.09 bits per heavy atom. The molecule has 6 nitrogen and oxygen atoms in total. The van der Waals surface area contributed by atoms with E-state index in [1.807, 2.05) is 0 Å². The summed E-state index contributed by atoms with van der Waals surface area (Å²) in [6, 6.07) is 2.19. The van der Waals surface area contributed by atoms with E-state index in [2.05, 4.69) is 41.3 Å². The molecule has 2 rings (SSSR count). The lowest BCUT2D eigenvalue weighted by molar-refractivity contribution is -0.127. The number of amides is 1. The topological polar surface area (TPSA) is 60.0 Å². The van der Waals surface area contributed by atoms with Gasteiger partial charge in [-0.1, -0.05) is 6.92 Å². The van der Waals surface area contributed by atoms with E-state index >= 15 is 0 Å². The molecule has 1 amide bonds. The Labute approximate surface area is 140 Å². The minimum absolute atomic E-state index is 0.0228. The van der Waals surface area contributed by atoms with Gasteiger partial charge in [0.25, 0.3) is 0 Å². The zero-order chi connectivity index (χ0) is 17.0. The van der Waals surface area contributed by atoms with E-state index in [1.165, 1.54) is 12.8 Å². The molecular formula is C17H33N5O. The van der Waals surface area contributed by atoms with Crippen LogP contribution in [0, 0.1) is 0 Å². The van der Waals surface area contributed by atoms with Gasteiger partial charge in [-0.05, 0) is 39.5 Å². The Morgan fingerprint density at radius 1 is 1.39 bits per heavy atom. The molecule has 0 radical (unpaired) electrons. The number of carbonyl (C=O) groups excluding carboxylic acids is 1. The van der Waals surface area contributed by atoms with Crippen molar-refractivity contribution < 1.29 is 4.79 Å². The minimum atomic E-state index is 0.0228. The summed E-state index contributed by atoms with van der Waals surface area (Å²) in [6.45, 7) is 7.86. The van der Waals surface area contributed by atoms with Crippen LogP contribution in [0.2, 0.25) is 0 Å². The number of likely N-dealkylation sites (N-methyl/N-ethyl adjacent to an activating group) is 1. The van der Waals surface area contributed by atoms with Crippen LogP contribution in [-0.2, 0) is 4.79 Å². The summed E-state index contributed by atoms with van der Waals surface area (Å²) in [4.78, 5) is 20.5. The summed E-state index contributed by atoms with van der Waals surface area (Å²) in [5.74, 6) is 0.791. The van der Waals surface area contributed by atoms with Crippen LogP contribution >= 0.6 is 0 Å². The lowest BCUT2D eigenvalue weighted by Gasteiger charge is -2.22. The smallest absolute Gasteiger partial charge is 0.243 e. The third-order valence-electron chi connectivity index (χ3n) is 4.85. The highest BCUT2D eigenvalue weighted by Gasteiger charge is 2.38. The Kier molecular flexibility index (Phi) is 6.27. The van der Waals surface area contributed by atoms with Gasteiger partial charge in [0.15, 0.2) is 5.96 Å². The van der Waals surface area contributed by atoms with Crippen LogP contribution in [0.4, 0.5) is 0 Å². The number of hydrogen-bond donors (Lipinski definition) is 2. The van der Waals surface area contributed by atoms with E-state index < -0.39 is 0 Å². The fourth-order valence-corrected chi connectivity index (χ4v) is 3.03. The minimum Gasteiger partial charge on any atom is -0.354 e. The average Bonchev–Trinajstić information content (AvgIpc) is 3.28. The summed E-state index contributed by atoms with van der Waals surface area (Å²) >= 11 is 0. The number of rotatable bonds is 6. The molecule has 0 aromatic heterocycles. The lowest BCUT2D eigenvalue weighted by atomic mass is 10.2. The Balaban J connectivity index is 1.93. The summed E-state index contributed by atoms with van der Waals surface area (Å²) in [6.07, 6.45) is 4.86. The Bertz CT molecular complexity index is 433. The van der Waals surface area contributed by atoms with Gasteiger partial charge in [0.2, 0.25) is 5.91 Å². The molecule has 1 saturated carbocycles. The molecule has 132 valence electrons. The van der Waals surface area contributed by atoms with Crippen LogP contribution < -0.4 is 10.6 Å². The maximum Gasteiger partial charge on any atom is 0.243 e. The first kappa shape index (κ1) is 18.0. The van der Waals surface area contributed by atoms with Crippen molar-refractivity contribution in [3.63, 3.8) is 0 Å². The molecule has 2 aliphatic rings. The molecule has 0 spiro atoms. The van der Waals surface area contributed by atoms with Gasteiger partial charge in [-0.3, -0.25) is 9.69 Å². The number of hydrogen-bond acceptors (Lipinski definition) is 3. The molecule has 0 bridgehead atoms. The first-order valence-electron chi connectivity index (χ1n) is 8.94. The molecule has 0 aromatic rings. The quantitative estimate of drug-likeness (QED) is 0.566. The van der Waals surface area contributed by atoms with Crippen molar-refractivity contribution in [2.75, 3.05) is 27.2 Å². The van der Waals surface area contributed by atoms with Crippen molar-refractivity contribution >= 4 is 11.9 Å². The first-order chi connectivity index (χ1) is 10.9. The summed E-state index contributed by atoms with van der Waals surface area (Å²) < 4.78 is 0. The molecule has 1 saturated heterocycles. The molecule has 1 aliphatic carbocycles. The van der Waals surface area contributed by atoms with Crippen LogP contribution in [0.25, 0.3) is 0 Å². The second-order valence-electron chi connectivity index (χ2n) is 7.26. The van der Waals surface area contributed by atoms with Gasteiger partial charge in [0.05, 0.1) is 0 Å². The van der Waals surface area contributed by atoms with Crippen molar-refractivity contribution in [1.82, 2.24) is 20.4 Å². The molecule has 23 heavy (non-hydrogen) atoms. The monoisotopic (exact) mass is 323 g/mol. The standard InChI is InChI=1S/C17H33N5O/c1-6-12(2)19-17(18-10-16(23)21(4)5)20-14-9-13(3)22(11-14)15-7-8-15/h12-15H,6-11H2,1-5H3,(H2,18,19,20). The van der Waals surface area contributed by atoms with Crippen molar-refractivity contribution in [3.8, 4) is 0 Å². The second-order valence-corrected chi connectivity index (χ2v) is 7.26. The van der Waals surface area contributed by atoms with Gasteiger partial charge in [0, 0.05) is 44.8 Å². The van der Waals surface area contributed by atoms with Crippen molar-refractivity contribution in [2.45, 2.75) is 70.6 Å². The van der Waals surface area contributed by atoms with Crippen molar-refractivity contribution in [3.05, 3.63) is 0 Å². The molecule has 0 aromatic carbocycles. The van der Waals surface area contributed by atoms with Crippen LogP contribution in [-0.4, -0.2) is 73.0 Å². The van der Waals surface area contributed by atoms with Crippen LogP contribution in [0.3, 0.4) is 0 Å². The van der Waals surface area contributed by atoms with Crippen molar-refractivity contribution in [2.24, 2.45) is 4.99 Å². The Morgan fingerprint density at radius 3 is 2.65 bits per heavy atom. The third-order valence-corrected chi connectivity index (χ3v) is 4.85. The van der Waals surface area contributed by atoms with Gasteiger partial charge in [-0.15, -0.1) is 0 Å². The SMILES string of the molecule is CCC(C)NC(=NCC(=O)N(C)C)NC1CC(C)N(C2CC2)C1. The van der Waals surface area contributed by atoms with E-state index in [9.17, 15) is 4.79 Å². The van der Waals surface area contributed by atoms with E-state index in [0.29, 0.717) is 18.1 Å². The van der Waals surface area contributed by atoms with E-state index in [4.69, 9.17) is 0 Å². The number of nitrogens with zero attached hydrogens (tertiary/aromatic N) is 3. The van der Waals surface area contributed by atoms with Gasteiger partial charge in [-0.25, -0.2) is 4.99 Å². The van der Waals surface area contributed by atoms with E-state index in [-0.39, 0.29) is 12.5 Å². The highest BCUT2D eigenvalue weighted by molar-refractivity contribution is 5.85. The van der Waals surface area contributed by atoms with Gasteiger partial charge < -0.3 is 15.5 Å². The second kappa shape index (κ2) is 7.99. The zero-order valence-electron chi connectivity index (χ0n) is 15.3. The third kappa shape index (κ3) is 5.37. The highest BCUT2D eigenvalue weighted by atomic mass is 16.2. The van der Waals surface area contributed by atoms with Gasteiger partial charge >= 0.3 is 0 Å². The highest BCUT2D eigenvalue weighted by Crippen LogP contribution is 2.33. The summed E-state index contributed by atoms with van der Waals surface area (Å²) in [5.41, 5.74) is 0. The van der Waals surface area contributed by atoms with Gasteiger partial charge in [0.1, 0.15) is 6.54 Å². The number of aliphatic imine (C=N–C) groups is 1. The number of guanidine groups is 1. The molecule has 2 N–H and O–H groups in total. The normalized spacial score (nSPS) is 26.9. The molecule has 1 heterocycles. The number of nitrogens with one attached hydrogen (secondary N) is 2. The fraction of sp³-hybridized carbons (Fsp3) is 0.882. The first-order valence-corrected chi connectivity index (χ1v) is 8.94. The molecule has 3 atom stereocenters. The largest absolute Gasteiger partial charge is 0.354 e. The molecule has 3 unspecified atom stereocenters. The Hall–Kier alpha value is -1.30. The number of likely N-dealkylation sites (tertiary alicyclic amines) is 1. The van der Waals surface area contributed by atoms with E-state index in [1.54, 1.807) is 19.0 Å². The zero-order valence-corrected chi connectivity index (χ0v) is 15.3. The maximum absolute atomic E-state index is 11.8. The average molecular weight is 323 g/mol. The summed E-state index contributed by atoms with van der Waals surface area (Å²) in [7, 11) is 3.53.